The molecule has 1 aliphatic heterocycles. The van der Waals surface area contributed by atoms with Crippen LogP contribution in [0.1, 0.15) is 28.8 Å². The third kappa shape index (κ3) is 3.31. The van der Waals surface area contributed by atoms with E-state index in [2.05, 4.69) is 0 Å². The Morgan fingerprint density at radius 2 is 1.68 bits per heavy atom. The van der Waals surface area contributed by atoms with Gasteiger partial charge in [0.1, 0.15) is 0 Å². The van der Waals surface area contributed by atoms with Crippen molar-refractivity contribution in [3.05, 3.63) is 71.3 Å². The van der Waals surface area contributed by atoms with Crippen molar-refractivity contribution in [2.45, 2.75) is 18.3 Å². The molecule has 2 aromatic rings. The lowest BCUT2D eigenvalue weighted by atomic mass is 10.1. The number of aliphatic hydroxyl groups is 1. The smallest absolute Gasteiger partial charge is 0.387 e. The number of rotatable bonds is 4. The number of hydrogen-bond donors (Lipinski definition) is 1. The highest BCUT2D eigenvalue weighted by atomic mass is 19.4. The molecule has 0 radical (unpaired) electrons. The molecule has 1 heterocycles. The lowest BCUT2D eigenvalue weighted by molar-refractivity contribution is -0.137. The Hall–Kier alpha value is -1.85. The number of nitrogens with zero attached hydrogens (tertiary/aromatic N) is 1. The van der Waals surface area contributed by atoms with Crippen LogP contribution in [0, 0.1) is 0 Å². The van der Waals surface area contributed by atoms with Crippen molar-refractivity contribution in [2.24, 2.45) is 0 Å². The molecule has 3 rings (SSSR count). The first-order valence-corrected chi connectivity index (χ1v) is 7.09. The molecule has 1 N–H and O–H groups in total. The van der Waals surface area contributed by atoms with Gasteiger partial charge in [0.15, 0.2) is 0 Å². The monoisotopic (exact) mass is 307 g/mol. The second-order valence-corrected chi connectivity index (χ2v) is 5.52. The topological polar surface area (TPSA) is 23.2 Å². The largest absolute Gasteiger partial charge is 0.416 e. The van der Waals surface area contributed by atoms with Crippen molar-refractivity contribution in [1.82, 2.24) is 4.90 Å². The van der Waals surface area contributed by atoms with E-state index in [1.807, 2.05) is 35.2 Å². The van der Waals surface area contributed by atoms with Crippen molar-refractivity contribution in [3.63, 3.8) is 0 Å². The van der Waals surface area contributed by atoms with Gasteiger partial charge in [0, 0.05) is 19.1 Å². The van der Waals surface area contributed by atoms with Gasteiger partial charge in [-0.2, -0.15) is 13.2 Å². The Balaban J connectivity index is 1.60. The molecule has 22 heavy (non-hydrogen) atoms. The van der Waals surface area contributed by atoms with Crippen molar-refractivity contribution >= 4 is 0 Å². The van der Waals surface area contributed by atoms with E-state index in [-0.39, 0.29) is 6.04 Å². The SMILES string of the molecule is OC(CN1CC1c1ccc(C(F)(F)F)cc1)c1ccccc1. The molecule has 2 nitrogen and oxygen atoms in total. The predicted molar refractivity (Wildman–Crippen MR) is 77.2 cm³/mol. The summed E-state index contributed by atoms with van der Waals surface area (Å²) < 4.78 is 37.6. The number of hydrogen-bond acceptors (Lipinski definition) is 2. The maximum absolute atomic E-state index is 12.5. The molecule has 3 atom stereocenters. The van der Waals surface area contributed by atoms with E-state index in [0.29, 0.717) is 6.54 Å². The maximum Gasteiger partial charge on any atom is 0.416 e. The minimum Gasteiger partial charge on any atom is -0.387 e. The molecule has 0 aromatic heterocycles. The number of alkyl halides is 3. The Labute approximate surface area is 126 Å². The van der Waals surface area contributed by atoms with Crippen molar-refractivity contribution in [1.29, 1.82) is 0 Å². The van der Waals surface area contributed by atoms with E-state index >= 15 is 0 Å². The van der Waals surface area contributed by atoms with E-state index in [0.717, 1.165) is 29.8 Å². The maximum atomic E-state index is 12.5. The third-order valence-corrected chi connectivity index (χ3v) is 3.93. The summed E-state index contributed by atoms with van der Waals surface area (Å²) in [6.07, 6.45) is -4.88. The van der Waals surface area contributed by atoms with Crippen LogP contribution in [0.15, 0.2) is 54.6 Å². The average molecular weight is 307 g/mol. The standard InChI is InChI=1S/C17H16F3NO/c18-17(19,20)14-8-6-12(7-9-14)15-10-21(15)11-16(22)13-4-2-1-3-5-13/h1-9,15-16,22H,10-11H2. The number of benzene rings is 2. The summed E-state index contributed by atoms with van der Waals surface area (Å²) in [5, 5.41) is 10.2. The third-order valence-electron chi connectivity index (χ3n) is 3.93. The van der Waals surface area contributed by atoms with Crippen LogP contribution in [-0.4, -0.2) is 23.1 Å². The zero-order valence-corrected chi connectivity index (χ0v) is 11.8. The van der Waals surface area contributed by atoms with E-state index in [4.69, 9.17) is 0 Å². The number of β-amino-alcohol motifs (C(OH)–C–C–N with tert-alkyl or cyclic N) is 1. The van der Waals surface area contributed by atoms with Crippen molar-refractivity contribution < 1.29 is 18.3 Å². The first-order valence-electron chi connectivity index (χ1n) is 7.09. The van der Waals surface area contributed by atoms with Crippen LogP contribution in [0.2, 0.25) is 0 Å². The molecule has 0 amide bonds. The van der Waals surface area contributed by atoms with Crippen LogP contribution < -0.4 is 0 Å². The summed E-state index contributed by atoms with van der Waals surface area (Å²) in [5.74, 6) is 0. The van der Waals surface area contributed by atoms with Gasteiger partial charge in [0.2, 0.25) is 0 Å². The Bertz CT molecular complexity index is 625. The van der Waals surface area contributed by atoms with Crippen LogP contribution in [0.3, 0.4) is 0 Å². The van der Waals surface area contributed by atoms with Crippen LogP contribution in [0.5, 0.6) is 0 Å². The molecule has 3 unspecified atom stereocenters. The molecule has 5 heteroatoms. The fraction of sp³-hybridized carbons (Fsp3) is 0.294. The van der Waals surface area contributed by atoms with Gasteiger partial charge in [-0.3, -0.25) is 4.90 Å². The Kier molecular flexibility index (Phi) is 3.93. The minimum absolute atomic E-state index is 0.0978. The van der Waals surface area contributed by atoms with Gasteiger partial charge in [-0.05, 0) is 23.3 Å². The Morgan fingerprint density at radius 3 is 2.27 bits per heavy atom. The molecule has 0 aliphatic carbocycles. The predicted octanol–water partition coefficient (Wildman–Crippen LogP) is 3.80. The van der Waals surface area contributed by atoms with Crippen LogP contribution >= 0.6 is 0 Å². The molecule has 1 saturated heterocycles. The van der Waals surface area contributed by atoms with Crippen LogP contribution in [0.25, 0.3) is 0 Å². The molecule has 0 spiro atoms. The van der Waals surface area contributed by atoms with Gasteiger partial charge in [-0.1, -0.05) is 42.5 Å². The molecule has 1 aliphatic rings. The van der Waals surface area contributed by atoms with Crippen molar-refractivity contribution in [3.8, 4) is 0 Å². The lowest BCUT2D eigenvalue weighted by Gasteiger charge is -2.12. The van der Waals surface area contributed by atoms with Gasteiger partial charge in [0.25, 0.3) is 0 Å². The second-order valence-electron chi connectivity index (χ2n) is 5.52. The molecular formula is C17H16F3NO. The zero-order valence-electron chi connectivity index (χ0n) is 11.8. The molecule has 2 aromatic carbocycles. The highest BCUT2D eigenvalue weighted by Crippen LogP contribution is 2.38. The van der Waals surface area contributed by atoms with E-state index < -0.39 is 17.8 Å². The van der Waals surface area contributed by atoms with Gasteiger partial charge < -0.3 is 5.11 Å². The van der Waals surface area contributed by atoms with E-state index in [1.54, 1.807) is 0 Å². The normalized spacial score (nSPS) is 22.4. The summed E-state index contributed by atoms with van der Waals surface area (Å²) in [6.45, 7) is 1.24. The van der Waals surface area contributed by atoms with E-state index in [1.165, 1.54) is 12.1 Å². The van der Waals surface area contributed by atoms with Gasteiger partial charge >= 0.3 is 6.18 Å². The molecule has 0 bridgehead atoms. The molecular weight excluding hydrogens is 291 g/mol. The second kappa shape index (κ2) is 5.74. The van der Waals surface area contributed by atoms with Crippen LogP contribution in [-0.2, 0) is 6.18 Å². The summed E-state index contributed by atoms with van der Waals surface area (Å²) in [4.78, 5) is 2.04. The van der Waals surface area contributed by atoms with Gasteiger partial charge in [0.05, 0.1) is 11.7 Å². The van der Waals surface area contributed by atoms with Gasteiger partial charge in [-0.25, -0.2) is 0 Å². The highest BCUT2D eigenvalue weighted by molar-refractivity contribution is 5.30. The highest BCUT2D eigenvalue weighted by Gasteiger charge is 2.37. The zero-order chi connectivity index (χ0) is 15.7. The lowest BCUT2D eigenvalue weighted by Crippen LogP contribution is -2.12. The number of halogens is 3. The van der Waals surface area contributed by atoms with Gasteiger partial charge in [-0.15, -0.1) is 0 Å². The molecule has 0 saturated carbocycles. The fourth-order valence-electron chi connectivity index (χ4n) is 2.59. The summed E-state index contributed by atoms with van der Waals surface area (Å²) in [6, 6.07) is 14.7. The first-order chi connectivity index (χ1) is 10.4. The van der Waals surface area contributed by atoms with E-state index in [9.17, 15) is 18.3 Å². The molecule has 116 valence electrons. The molecule has 1 fully saturated rings. The average Bonchev–Trinajstić information content (AvgIpc) is 3.26. The summed E-state index contributed by atoms with van der Waals surface area (Å²) in [5.41, 5.74) is 1.07. The summed E-state index contributed by atoms with van der Waals surface area (Å²) >= 11 is 0. The Morgan fingerprint density at radius 1 is 1.05 bits per heavy atom. The minimum atomic E-state index is -4.30. The number of aliphatic hydroxyl groups excluding tert-OH is 1. The van der Waals surface area contributed by atoms with Crippen LogP contribution in [0.4, 0.5) is 13.2 Å². The van der Waals surface area contributed by atoms with Crippen molar-refractivity contribution in [2.75, 3.05) is 13.1 Å². The quantitative estimate of drug-likeness (QED) is 0.869. The first kappa shape index (κ1) is 15.1. The summed E-state index contributed by atoms with van der Waals surface area (Å²) in [7, 11) is 0. The fourth-order valence-corrected chi connectivity index (χ4v) is 2.59.